The molecule has 0 saturated heterocycles. The van der Waals surface area contributed by atoms with Gasteiger partial charge in [0.05, 0.1) is 10.2 Å². The summed E-state index contributed by atoms with van der Waals surface area (Å²) in [7, 11) is 1.92. The van der Waals surface area contributed by atoms with Crippen LogP contribution in [0.2, 0.25) is 0 Å². The molecule has 1 amide bonds. The van der Waals surface area contributed by atoms with E-state index < -0.39 is 0 Å². The number of carbonyl (C=O) groups excluding carboxylic acids is 1. The van der Waals surface area contributed by atoms with Crippen LogP contribution >= 0.6 is 11.3 Å². The van der Waals surface area contributed by atoms with Crippen LogP contribution < -0.4 is 5.32 Å². The first-order chi connectivity index (χ1) is 6.74. The standard InChI is InChI=1S/C10H12N2OS/c1-3-11-10(13)8-6-9-7(12(8)2)4-5-14-9/h4-6H,3H2,1-2H3,(H,11,13). The summed E-state index contributed by atoms with van der Waals surface area (Å²) in [5.74, 6) is -0.00148. The Labute approximate surface area is 86.3 Å². The molecule has 0 aliphatic heterocycles. The van der Waals surface area contributed by atoms with Crippen LogP contribution in [0, 0.1) is 0 Å². The summed E-state index contributed by atoms with van der Waals surface area (Å²) in [6.45, 7) is 2.58. The lowest BCUT2D eigenvalue weighted by Crippen LogP contribution is -2.24. The SMILES string of the molecule is CCNC(=O)c1cc2sccc2n1C. The molecule has 1 N–H and O–H groups in total. The van der Waals surface area contributed by atoms with E-state index in [1.54, 1.807) is 11.3 Å². The average Bonchev–Trinajstić information content (AvgIpc) is 2.69. The Bertz CT molecular complexity index is 469. The van der Waals surface area contributed by atoms with Crippen molar-refractivity contribution in [1.82, 2.24) is 9.88 Å². The highest BCUT2D eigenvalue weighted by molar-refractivity contribution is 7.17. The van der Waals surface area contributed by atoms with Crippen molar-refractivity contribution >= 4 is 27.5 Å². The second kappa shape index (κ2) is 3.46. The quantitative estimate of drug-likeness (QED) is 0.804. The van der Waals surface area contributed by atoms with E-state index in [-0.39, 0.29) is 5.91 Å². The molecule has 14 heavy (non-hydrogen) atoms. The smallest absolute Gasteiger partial charge is 0.267 e. The van der Waals surface area contributed by atoms with Crippen LogP contribution in [0.1, 0.15) is 17.4 Å². The minimum atomic E-state index is -0.00148. The molecule has 0 aliphatic rings. The first kappa shape index (κ1) is 9.27. The lowest BCUT2D eigenvalue weighted by atomic mass is 10.4. The van der Waals surface area contributed by atoms with Crippen LogP contribution in [0.15, 0.2) is 17.5 Å². The van der Waals surface area contributed by atoms with Gasteiger partial charge in [-0.1, -0.05) is 0 Å². The third-order valence-corrected chi connectivity index (χ3v) is 3.09. The van der Waals surface area contributed by atoms with Crippen molar-refractivity contribution in [2.24, 2.45) is 7.05 Å². The van der Waals surface area contributed by atoms with Gasteiger partial charge in [-0.3, -0.25) is 4.79 Å². The summed E-state index contributed by atoms with van der Waals surface area (Å²) in [5.41, 5.74) is 1.85. The van der Waals surface area contributed by atoms with Gasteiger partial charge in [0.25, 0.3) is 5.91 Å². The van der Waals surface area contributed by atoms with Gasteiger partial charge in [0.1, 0.15) is 5.69 Å². The van der Waals surface area contributed by atoms with Crippen LogP contribution in [-0.4, -0.2) is 17.0 Å². The number of aromatic nitrogens is 1. The molecule has 2 aromatic rings. The Kier molecular flexibility index (Phi) is 2.29. The van der Waals surface area contributed by atoms with E-state index in [1.807, 2.05) is 36.1 Å². The number of fused-ring (bicyclic) bond motifs is 1. The maximum Gasteiger partial charge on any atom is 0.267 e. The molecule has 0 aliphatic carbocycles. The highest BCUT2D eigenvalue weighted by atomic mass is 32.1. The lowest BCUT2D eigenvalue weighted by molar-refractivity contribution is 0.0948. The number of hydrogen-bond acceptors (Lipinski definition) is 2. The van der Waals surface area contributed by atoms with Crippen molar-refractivity contribution in [2.75, 3.05) is 6.54 Å². The summed E-state index contributed by atoms with van der Waals surface area (Å²) < 4.78 is 3.09. The van der Waals surface area contributed by atoms with Crippen LogP contribution in [0.25, 0.3) is 10.2 Å². The number of aryl methyl sites for hydroxylation is 1. The molecule has 0 fully saturated rings. The Balaban J connectivity index is 2.47. The van der Waals surface area contributed by atoms with Gasteiger partial charge in [0, 0.05) is 13.6 Å². The van der Waals surface area contributed by atoms with Gasteiger partial charge in [0.2, 0.25) is 0 Å². The lowest BCUT2D eigenvalue weighted by Gasteiger charge is -2.03. The molecule has 2 rings (SSSR count). The maximum atomic E-state index is 11.6. The number of rotatable bonds is 2. The summed E-state index contributed by atoms with van der Waals surface area (Å²) in [5, 5.41) is 4.83. The van der Waals surface area contributed by atoms with Gasteiger partial charge in [-0.25, -0.2) is 0 Å². The fourth-order valence-electron chi connectivity index (χ4n) is 1.52. The Morgan fingerprint density at radius 3 is 3.07 bits per heavy atom. The second-order valence-corrected chi connectivity index (χ2v) is 4.07. The normalized spacial score (nSPS) is 10.7. The summed E-state index contributed by atoms with van der Waals surface area (Å²) >= 11 is 1.66. The summed E-state index contributed by atoms with van der Waals surface area (Å²) in [6, 6.07) is 3.97. The van der Waals surface area contributed by atoms with E-state index in [0.717, 1.165) is 15.9 Å². The molecule has 0 bridgehead atoms. The van der Waals surface area contributed by atoms with E-state index in [4.69, 9.17) is 0 Å². The summed E-state index contributed by atoms with van der Waals surface area (Å²) in [4.78, 5) is 11.6. The van der Waals surface area contributed by atoms with Gasteiger partial charge in [-0.2, -0.15) is 0 Å². The van der Waals surface area contributed by atoms with Crippen molar-refractivity contribution in [3.05, 3.63) is 23.2 Å². The Morgan fingerprint density at radius 1 is 1.64 bits per heavy atom. The molecule has 3 nitrogen and oxygen atoms in total. The molecule has 0 aromatic carbocycles. The largest absolute Gasteiger partial charge is 0.351 e. The maximum absolute atomic E-state index is 11.6. The Hall–Kier alpha value is -1.29. The molecule has 0 radical (unpaired) electrons. The molecular weight excluding hydrogens is 196 g/mol. The van der Waals surface area contributed by atoms with Crippen molar-refractivity contribution in [3.8, 4) is 0 Å². The first-order valence-corrected chi connectivity index (χ1v) is 5.43. The van der Waals surface area contributed by atoms with Crippen molar-refractivity contribution in [2.45, 2.75) is 6.92 Å². The van der Waals surface area contributed by atoms with Crippen LogP contribution in [-0.2, 0) is 7.05 Å². The van der Waals surface area contributed by atoms with Crippen LogP contribution in [0.5, 0.6) is 0 Å². The van der Waals surface area contributed by atoms with E-state index in [0.29, 0.717) is 6.54 Å². The number of nitrogens with zero attached hydrogens (tertiary/aromatic N) is 1. The molecule has 4 heteroatoms. The van der Waals surface area contributed by atoms with Crippen molar-refractivity contribution in [1.29, 1.82) is 0 Å². The number of amides is 1. The zero-order chi connectivity index (χ0) is 10.1. The number of nitrogens with one attached hydrogen (secondary N) is 1. The molecule has 2 heterocycles. The fraction of sp³-hybridized carbons (Fsp3) is 0.300. The van der Waals surface area contributed by atoms with Crippen molar-refractivity contribution in [3.63, 3.8) is 0 Å². The molecule has 0 atom stereocenters. The fourth-order valence-corrected chi connectivity index (χ4v) is 2.37. The van der Waals surface area contributed by atoms with E-state index in [1.165, 1.54) is 0 Å². The summed E-state index contributed by atoms with van der Waals surface area (Å²) in [6.07, 6.45) is 0. The first-order valence-electron chi connectivity index (χ1n) is 4.55. The van der Waals surface area contributed by atoms with Gasteiger partial charge < -0.3 is 9.88 Å². The average molecular weight is 208 g/mol. The van der Waals surface area contributed by atoms with Gasteiger partial charge in [0.15, 0.2) is 0 Å². The van der Waals surface area contributed by atoms with Crippen LogP contribution in [0.3, 0.4) is 0 Å². The third kappa shape index (κ3) is 1.32. The number of thiophene rings is 1. The number of hydrogen-bond donors (Lipinski definition) is 1. The second-order valence-electron chi connectivity index (χ2n) is 3.12. The topological polar surface area (TPSA) is 34.0 Å². The van der Waals surface area contributed by atoms with Gasteiger partial charge in [-0.15, -0.1) is 11.3 Å². The van der Waals surface area contributed by atoms with E-state index in [9.17, 15) is 4.79 Å². The van der Waals surface area contributed by atoms with E-state index in [2.05, 4.69) is 5.32 Å². The molecule has 0 spiro atoms. The minimum absolute atomic E-state index is 0.00148. The highest BCUT2D eigenvalue weighted by Gasteiger charge is 2.12. The van der Waals surface area contributed by atoms with E-state index >= 15 is 0 Å². The number of carbonyl (C=O) groups is 1. The van der Waals surface area contributed by atoms with Crippen molar-refractivity contribution < 1.29 is 4.79 Å². The molecule has 0 saturated carbocycles. The zero-order valence-corrected chi connectivity index (χ0v) is 9.02. The van der Waals surface area contributed by atoms with Gasteiger partial charge >= 0.3 is 0 Å². The van der Waals surface area contributed by atoms with Gasteiger partial charge in [-0.05, 0) is 24.4 Å². The predicted molar refractivity (Wildman–Crippen MR) is 58.8 cm³/mol. The molecule has 0 unspecified atom stereocenters. The minimum Gasteiger partial charge on any atom is -0.351 e. The zero-order valence-electron chi connectivity index (χ0n) is 8.20. The monoisotopic (exact) mass is 208 g/mol. The Morgan fingerprint density at radius 2 is 2.43 bits per heavy atom. The molecular formula is C10H12N2OS. The third-order valence-electron chi connectivity index (χ3n) is 2.23. The molecule has 2 aromatic heterocycles. The van der Waals surface area contributed by atoms with Crippen LogP contribution in [0.4, 0.5) is 0 Å². The highest BCUT2D eigenvalue weighted by Crippen LogP contribution is 2.23. The molecule has 74 valence electrons. The predicted octanol–water partition coefficient (Wildman–Crippen LogP) is 1.99.